The lowest BCUT2D eigenvalue weighted by atomic mass is 10.3. The first-order valence-corrected chi connectivity index (χ1v) is 4.61. The van der Waals surface area contributed by atoms with E-state index in [2.05, 4.69) is 10.6 Å². The normalized spacial score (nSPS) is 11.1. The standard InChI is InChI=1S/C8H17F2N3O/c1-2-3-4-12-7(14)13-6-8(9,10)5-11/h2-6,11H2,1H3,(H2,12,13,14). The molecule has 0 atom stereocenters. The summed E-state index contributed by atoms with van der Waals surface area (Å²) in [6, 6.07) is -0.577. The minimum absolute atomic E-state index is 0.497. The van der Waals surface area contributed by atoms with Crippen LogP contribution in [0.5, 0.6) is 0 Å². The summed E-state index contributed by atoms with van der Waals surface area (Å²) in [5.41, 5.74) is 4.79. The monoisotopic (exact) mass is 209 g/mol. The Morgan fingerprint density at radius 1 is 1.43 bits per heavy atom. The molecular formula is C8H17F2N3O. The molecule has 2 amide bonds. The lowest BCUT2D eigenvalue weighted by molar-refractivity contribution is 0.0144. The summed E-state index contributed by atoms with van der Waals surface area (Å²) in [5.74, 6) is -3.03. The first-order valence-electron chi connectivity index (χ1n) is 4.61. The molecule has 0 aliphatic rings. The summed E-state index contributed by atoms with van der Waals surface area (Å²) in [4.78, 5) is 10.9. The average Bonchev–Trinajstić information content (AvgIpc) is 2.16. The van der Waals surface area contributed by atoms with Gasteiger partial charge in [-0.3, -0.25) is 0 Å². The molecule has 4 nitrogen and oxygen atoms in total. The number of hydrogen-bond donors (Lipinski definition) is 3. The first kappa shape index (κ1) is 13.1. The molecule has 6 heteroatoms. The summed E-state index contributed by atoms with van der Waals surface area (Å²) in [6.45, 7) is 0.988. The van der Waals surface area contributed by atoms with E-state index >= 15 is 0 Å². The van der Waals surface area contributed by atoms with Gasteiger partial charge in [0.1, 0.15) is 0 Å². The Morgan fingerprint density at radius 2 is 2.07 bits per heavy atom. The summed E-state index contributed by atoms with van der Waals surface area (Å²) in [7, 11) is 0. The molecule has 0 aromatic carbocycles. The zero-order valence-electron chi connectivity index (χ0n) is 8.28. The average molecular weight is 209 g/mol. The molecule has 84 valence electrons. The van der Waals surface area contributed by atoms with Crippen LogP contribution in [0.25, 0.3) is 0 Å². The van der Waals surface area contributed by atoms with Gasteiger partial charge >= 0.3 is 6.03 Å². The van der Waals surface area contributed by atoms with Crippen LogP contribution in [-0.4, -0.2) is 31.6 Å². The maximum atomic E-state index is 12.5. The Labute approximate surface area is 82.2 Å². The van der Waals surface area contributed by atoms with Crippen molar-refractivity contribution in [1.82, 2.24) is 10.6 Å². The van der Waals surface area contributed by atoms with Gasteiger partial charge in [0.2, 0.25) is 0 Å². The van der Waals surface area contributed by atoms with E-state index in [1.807, 2.05) is 6.92 Å². The highest BCUT2D eigenvalue weighted by Gasteiger charge is 2.26. The van der Waals surface area contributed by atoms with Crippen LogP contribution >= 0.6 is 0 Å². The van der Waals surface area contributed by atoms with Crippen molar-refractivity contribution in [3.63, 3.8) is 0 Å². The number of carbonyl (C=O) groups is 1. The summed E-state index contributed by atoms with van der Waals surface area (Å²) >= 11 is 0. The Kier molecular flexibility index (Phi) is 6.11. The number of carbonyl (C=O) groups excluding carboxylic acids is 1. The largest absolute Gasteiger partial charge is 0.338 e. The molecule has 14 heavy (non-hydrogen) atoms. The summed E-state index contributed by atoms with van der Waals surface area (Å²) in [6.07, 6.45) is 1.78. The Hall–Kier alpha value is -0.910. The van der Waals surface area contributed by atoms with Gasteiger partial charge in [-0.1, -0.05) is 13.3 Å². The van der Waals surface area contributed by atoms with Crippen molar-refractivity contribution in [3.05, 3.63) is 0 Å². The van der Waals surface area contributed by atoms with Crippen LogP contribution in [0.4, 0.5) is 13.6 Å². The van der Waals surface area contributed by atoms with Crippen molar-refractivity contribution in [2.75, 3.05) is 19.6 Å². The van der Waals surface area contributed by atoms with Crippen molar-refractivity contribution in [3.8, 4) is 0 Å². The molecule has 0 spiro atoms. The van der Waals surface area contributed by atoms with E-state index in [1.165, 1.54) is 0 Å². The second-order valence-electron chi connectivity index (χ2n) is 3.02. The number of rotatable bonds is 6. The summed E-state index contributed by atoms with van der Waals surface area (Å²) in [5, 5.41) is 4.51. The van der Waals surface area contributed by atoms with Crippen LogP contribution in [0, 0.1) is 0 Å². The molecule has 0 saturated heterocycles. The lowest BCUT2D eigenvalue weighted by Crippen LogP contribution is -2.45. The molecule has 0 aliphatic carbocycles. The predicted octanol–water partition coefficient (Wildman–Crippen LogP) is 0.680. The molecule has 4 N–H and O–H groups in total. The Bertz CT molecular complexity index is 176. The molecule has 0 heterocycles. The van der Waals surface area contributed by atoms with E-state index < -0.39 is 25.0 Å². The molecule has 0 aromatic rings. The quantitative estimate of drug-likeness (QED) is 0.563. The van der Waals surface area contributed by atoms with Gasteiger partial charge in [-0.15, -0.1) is 0 Å². The predicted molar refractivity (Wildman–Crippen MR) is 50.3 cm³/mol. The molecular weight excluding hydrogens is 192 g/mol. The molecule has 0 unspecified atom stereocenters. The number of nitrogens with one attached hydrogen (secondary N) is 2. The van der Waals surface area contributed by atoms with Gasteiger partial charge in [-0.2, -0.15) is 0 Å². The number of urea groups is 1. The number of halogens is 2. The van der Waals surface area contributed by atoms with E-state index in [0.29, 0.717) is 6.54 Å². The van der Waals surface area contributed by atoms with E-state index in [4.69, 9.17) is 5.73 Å². The van der Waals surface area contributed by atoms with Crippen LogP contribution in [0.1, 0.15) is 19.8 Å². The maximum absolute atomic E-state index is 12.5. The van der Waals surface area contributed by atoms with Crippen LogP contribution in [0.15, 0.2) is 0 Å². The zero-order chi connectivity index (χ0) is 11.0. The molecule has 0 fully saturated rings. The maximum Gasteiger partial charge on any atom is 0.314 e. The van der Waals surface area contributed by atoms with E-state index in [-0.39, 0.29) is 0 Å². The molecule has 0 radical (unpaired) electrons. The third-order valence-corrected chi connectivity index (χ3v) is 1.62. The topological polar surface area (TPSA) is 67.2 Å². The van der Waals surface area contributed by atoms with Crippen LogP contribution in [0.3, 0.4) is 0 Å². The van der Waals surface area contributed by atoms with Crippen molar-refractivity contribution >= 4 is 6.03 Å². The van der Waals surface area contributed by atoms with Gasteiger partial charge in [-0.05, 0) is 6.42 Å². The van der Waals surface area contributed by atoms with Gasteiger partial charge in [0, 0.05) is 6.54 Å². The van der Waals surface area contributed by atoms with Crippen LogP contribution in [0.2, 0.25) is 0 Å². The van der Waals surface area contributed by atoms with E-state index in [0.717, 1.165) is 12.8 Å². The highest BCUT2D eigenvalue weighted by atomic mass is 19.3. The lowest BCUT2D eigenvalue weighted by Gasteiger charge is -2.14. The third kappa shape index (κ3) is 6.59. The number of nitrogens with two attached hydrogens (primary N) is 1. The molecule has 0 aromatic heterocycles. The third-order valence-electron chi connectivity index (χ3n) is 1.62. The highest BCUT2D eigenvalue weighted by molar-refractivity contribution is 5.73. The second kappa shape index (κ2) is 6.53. The number of unbranched alkanes of at least 4 members (excludes halogenated alkanes) is 1. The first-order chi connectivity index (χ1) is 6.52. The number of hydrogen-bond acceptors (Lipinski definition) is 2. The van der Waals surface area contributed by atoms with Crippen molar-refractivity contribution in [2.24, 2.45) is 5.73 Å². The molecule has 0 aliphatic heterocycles. The van der Waals surface area contributed by atoms with Crippen molar-refractivity contribution in [2.45, 2.75) is 25.7 Å². The smallest absolute Gasteiger partial charge is 0.314 e. The van der Waals surface area contributed by atoms with Crippen molar-refractivity contribution < 1.29 is 13.6 Å². The van der Waals surface area contributed by atoms with Crippen LogP contribution < -0.4 is 16.4 Å². The fraction of sp³-hybridized carbons (Fsp3) is 0.875. The second-order valence-corrected chi connectivity index (χ2v) is 3.02. The van der Waals surface area contributed by atoms with E-state index in [1.54, 1.807) is 0 Å². The van der Waals surface area contributed by atoms with Crippen LogP contribution in [-0.2, 0) is 0 Å². The van der Waals surface area contributed by atoms with Gasteiger partial charge < -0.3 is 16.4 Å². The fourth-order valence-electron chi connectivity index (χ4n) is 0.723. The Balaban J connectivity index is 3.53. The minimum Gasteiger partial charge on any atom is -0.338 e. The van der Waals surface area contributed by atoms with E-state index in [9.17, 15) is 13.6 Å². The van der Waals surface area contributed by atoms with Gasteiger partial charge in [0.25, 0.3) is 5.92 Å². The fourth-order valence-corrected chi connectivity index (χ4v) is 0.723. The van der Waals surface area contributed by atoms with Gasteiger partial charge in [-0.25, -0.2) is 13.6 Å². The summed E-state index contributed by atoms with van der Waals surface area (Å²) < 4.78 is 25.1. The van der Waals surface area contributed by atoms with Gasteiger partial charge in [0.05, 0.1) is 13.1 Å². The van der Waals surface area contributed by atoms with Crippen molar-refractivity contribution in [1.29, 1.82) is 0 Å². The molecule has 0 rings (SSSR count). The zero-order valence-corrected chi connectivity index (χ0v) is 8.28. The SMILES string of the molecule is CCCCNC(=O)NCC(F)(F)CN. The minimum atomic E-state index is -3.03. The number of amides is 2. The number of alkyl halides is 2. The molecule has 0 bridgehead atoms. The van der Waals surface area contributed by atoms with Gasteiger partial charge in [0.15, 0.2) is 0 Å². The molecule has 0 saturated carbocycles. The Morgan fingerprint density at radius 3 is 2.57 bits per heavy atom. The highest BCUT2D eigenvalue weighted by Crippen LogP contribution is 2.08.